The van der Waals surface area contributed by atoms with Crippen LogP contribution < -0.4 is 5.43 Å². The van der Waals surface area contributed by atoms with Gasteiger partial charge in [-0.15, -0.1) is 0 Å². The van der Waals surface area contributed by atoms with Crippen molar-refractivity contribution in [2.75, 3.05) is 20.1 Å². The number of β-amino-alcohol motifs (C(OH)–C–C–N with tert-alkyl or cyclic N) is 1. The minimum atomic E-state index is -0.776. The number of phenols is 2. The summed E-state index contributed by atoms with van der Waals surface area (Å²) >= 11 is 6.23. The number of aliphatic hydroxyl groups excluding tert-OH is 1. The van der Waals surface area contributed by atoms with E-state index in [0.29, 0.717) is 25.1 Å². The van der Waals surface area contributed by atoms with Crippen molar-refractivity contribution in [3.05, 3.63) is 57.2 Å². The highest BCUT2D eigenvalue weighted by Gasteiger charge is 2.33. The number of hydrogen-bond acceptors (Lipinski definition) is 6. The molecular formula is C21H20ClNO5. The molecule has 28 heavy (non-hydrogen) atoms. The van der Waals surface area contributed by atoms with Crippen LogP contribution in [-0.4, -0.2) is 46.5 Å². The van der Waals surface area contributed by atoms with Gasteiger partial charge in [-0.05, 0) is 32.1 Å². The standard InChI is InChI=1S/C21H20ClNO5/c1-23-7-6-12(17(27)10-23)19-14(24)8-15(25)20-16(26)9-18(28-21(19)20)11-4-2-3-5-13(11)22/h2-5,8-9,12,17,24-25,27H,6-7,10H2,1H3/t12-,17+/m0/s1/i5D. The first kappa shape index (κ1) is 17.6. The van der Waals surface area contributed by atoms with Gasteiger partial charge in [0.1, 0.15) is 28.2 Å². The van der Waals surface area contributed by atoms with Gasteiger partial charge in [-0.25, -0.2) is 0 Å². The van der Waals surface area contributed by atoms with Gasteiger partial charge in [0.15, 0.2) is 5.43 Å². The minimum absolute atomic E-state index is 0.0186. The van der Waals surface area contributed by atoms with Crippen molar-refractivity contribution in [3.63, 3.8) is 0 Å². The van der Waals surface area contributed by atoms with E-state index >= 15 is 0 Å². The molecule has 1 aliphatic rings. The summed E-state index contributed by atoms with van der Waals surface area (Å²) < 4.78 is 13.8. The lowest BCUT2D eigenvalue weighted by molar-refractivity contribution is 0.0630. The lowest BCUT2D eigenvalue weighted by Gasteiger charge is -2.34. The number of aliphatic hydroxyl groups is 1. The highest BCUT2D eigenvalue weighted by molar-refractivity contribution is 6.33. The van der Waals surface area contributed by atoms with E-state index in [4.69, 9.17) is 17.4 Å². The molecule has 3 N–H and O–H groups in total. The molecule has 4 rings (SSSR count). The summed E-state index contributed by atoms with van der Waals surface area (Å²) in [7, 11) is 1.89. The maximum absolute atomic E-state index is 12.8. The molecule has 2 aromatic carbocycles. The number of halogens is 1. The molecule has 1 saturated heterocycles. The van der Waals surface area contributed by atoms with Crippen LogP contribution in [-0.2, 0) is 0 Å². The molecule has 2 atom stereocenters. The zero-order valence-electron chi connectivity index (χ0n) is 16.1. The largest absolute Gasteiger partial charge is 0.507 e. The molecule has 0 amide bonds. The van der Waals surface area contributed by atoms with Gasteiger partial charge in [0, 0.05) is 35.7 Å². The number of fused-ring (bicyclic) bond motifs is 1. The Hall–Kier alpha value is -2.54. The van der Waals surface area contributed by atoms with E-state index in [9.17, 15) is 20.1 Å². The van der Waals surface area contributed by atoms with Crippen molar-refractivity contribution in [1.29, 1.82) is 0 Å². The Kier molecular flexibility index (Phi) is 4.47. The maximum Gasteiger partial charge on any atom is 0.197 e. The Morgan fingerprint density at radius 1 is 1.29 bits per heavy atom. The Labute approximate surface area is 167 Å². The van der Waals surface area contributed by atoms with Gasteiger partial charge in [0.05, 0.1) is 12.5 Å². The smallest absolute Gasteiger partial charge is 0.197 e. The molecule has 0 bridgehead atoms. The fourth-order valence-electron chi connectivity index (χ4n) is 3.85. The number of benzene rings is 2. The summed E-state index contributed by atoms with van der Waals surface area (Å²) in [5, 5.41) is 31.5. The van der Waals surface area contributed by atoms with Gasteiger partial charge in [-0.1, -0.05) is 23.7 Å². The number of aromatic hydroxyl groups is 2. The van der Waals surface area contributed by atoms with Gasteiger partial charge in [0.2, 0.25) is 0 Å². The first-order valence-corrected chi connectivity index (χ1v) is 9.30. The summed E-state index contributed by atoms with van der Waals surface area (Å²) in [5.74, 6) is -0.991. The van der Waals surface area contributed by atoms with Crippen LogP contribution in [0.2, 0.25) is 5.02 Å². The number of likely N-dealkylation sites (tertiary alicyclic amines) is 1. The molecule has 7 heteroatoms. The second-order valence-corrected chi connectivity index (χ2v) is 7.51. The monoisotopic (exact) mass is 402 g/mol. The number of phenolic OH excluding ortho intramolecular Hbond substituents is 2. The molecule has 1 fully saturated rings. The van der Waals surface area contributed by atoms with E-state index in [-0.39, 0.29) is 39.1 Å². The normalized spacial score (nSPS) is 21.0. The SMILES string of the molecule is [2H]c1cccc(-c2cc(=O)c3c(O)cc(O)c([C@H]4CCN(C)C[C@H]4O)c3o2)c1Cl. The Balaban J connectivity index is 2.00. The Morgan fingerprint density at radius 2 is 2.07 bits per heavy atom. The Morgan fingerprint density at radius 3 is 2.82 bits per heavy atom. The second-order valence-electron chi connectivity index (χ2n) is 7.13. The highest BCUT2D eigenvalue weighted by Crippen LogP contribution is 2.42. The van der Waals surface area contributed by atoms with E-state index < -0.39 is 23.2 Å². The summed E-state index contributed by atoms with van der Waals surface area (Å²) in [5.41, 5.74) is 0.158. The van der Waals surface area contributed by atoms with Crippen LogP contribution in [0.25, 0.3) is 22.3 Å². The van der Waals surface area contributed by atoms with Crippen molar-refractivity contribution in [1.82, 2.24) is 4.90 Å². The van der Waals surface area contributed by atoms with Gasteiger partial charge in [-0.2, -0.15) is 0 Å². The van der Waals surface area contributed by atoms with Crippen molar-refractivity contribution >= 4 is 22.6 Å². The molecule has 146 valence electrons. The van der Waals surface area contributed by atoms with Crippen LogP contribution in [0.4, 0.5) is 0 Å². The average Bonchev–Trinajstić information content (AvgIpc) is 2.64. The predicted molar refractivity (Wildman–Crippen MR) is 107 cm³/mol. The van der Waals surface area contributed by atoms with Crippen LogP contribution in [0.3, 0.4) is 0 Å². The number of piperidine rings is 1. The predicted octanol–water partition coefficient (Wildman–Crippen LogP) is 3.30. The van der Waals surface area contributed by atoms with E-state index in [1.54, 1.807) is 12.1 Å². The maximum atomic E-state index is 12.8. The number of rotatable bonds is 2. The van der Waals surface area contributed by atoms with Gasteiger partial charge < -0.3 is 24.6 Å². The van der Waals surface area contributed by atoms with E-state index in [1.807, 2.05) is 11.9 Å². The number of nitrogens with zero attached hydrogens (tertiary/aromatic N) is 1. The van der Waals surface area contributed by atoms with Crippen LogP contribution in [0.1, 0.15) is 19.3 Å². The quantitative estimate of drug-likeness (QED) is 0.609. The van der Waals surface area contributed by atoms with Gasteiger partial charge in [-0.3, -0.25) is 4.79 Å². The lowest BCUT2D eigenvalue weighted by atomic mass is 9.85. The van der Waals surface area contributed by atoms with Crippen LogP contribution >= 0.6 is 11.6 Å². The van der Waals surface area contributed by atoms with Crippen molar-refractivity contribution in [3.8, 4) is 22.8 Å². The second kappa shape index (κ2) is 7.13. The first-order valence-electron chi connectivity index (χ1n) is 9.42. The third-order valence-corrected chi connectivity index (χ3v) is 5.54. The molecular weight excluding hydrogens is 382 g/mol. The molecule has 0 radical (unpaired) electrons. The molecule has 1 aromatic heterocycles. The van der Waals surface area contributed by atoms with Crippen LogP contribution in [0.5, 0.6) is 11.5 Å². The third kappa shape index (κ3) is 3.13. The summed E-state index contributed by atoms with van der Waals surface area (Å²) in [6, 6.07) is 7.15. The van der Waals surface area contributed by atoms with Crippen LogP contribution in [0.15, 0.2) is 45.6 Å². The van der Waals surface area contributed by atoms with E-state index in [0.717, 1.165) is 6.07 Å². The first-order chi connectivity index (χ1) is 13.8. The topological polar surface area (TPSA) is 94.1 Å². The zero-order chi connectivity index (χ0) is 20.9. The molecule has 1 aliphatic heterocycles. The molecule has 3 aromatic rings. The van der Waals surface area contributed by atoms with Crippen LogP contribution in [0, 0.1) is 0 Å². The van der Waals surface area contributed by atoms with E-state index in [1.165, 1.54) is 12.1 Å². The van der Waals surface area contributed by atoms with Crippen molar-refractivity contribution in [2.24, 2.45) is 0 Å². The molecule has 0 unspecified atom stereocenters. The Bertz CT molecular complexity index is 1160. The number of likely N-dealkylation sites (N-methyl/N-ethyl adjacent to an activating group) is 1. The average molecular weight is 403 g/mol. The lowest BCUT2D eigenvalue weighted by Crippen LogP contribution is -2.40. The molecule has 0 saturated carbocycles. The van der Waals surface area contributed by atoms with Gasteiger partial charge in [0.25, 0.3) is 0 Å². The molecule has 0 spiro atoms. The van der Waals surface area contributed by atoms with E-state index in [2.05, 4.69) is 0 Å². The third-order valence-electron chi connectivity index (χ3n) is 5.22. The van der Waals surface area contributed by atoms with Gasteiger partial charge >= 0.3 is 0 Å². The zero-order valence-corrected chi connectivity index (χ0v) is 15.9. The number of hydrogen-bond donors (Lipinski definition) is 3. The summed E-state index contributed by atoms with van der Waals surface area (Å²) in [4.78, 5) is 14.8. The molecule has 6 nitrogen and oxygen atoms in total. The van der Waals surface area contributed by atoms with Crippen molar-refractivity contribution in [2.45, 2.75) is 18.4 Å². The highest BCUT2D eigenvalue weighted by atomic mass is 35.5. The van der Waals surface area contributed by atoms with Crippen molar-refractivity contribution < 1.29 is 21.1 Å². The molecule has 2 heterocycles. The minimum Gasteiger partial charge on any atom is -0.507 e. The fraction of sp³-hybridized carbons (Fsp3) is 0.286. The molecule has 0 aliphatic carbocycles. The summed E-state index contributed by atoms with van der Waals surface area (Å²) in [6.07, 6.45) is -0.233. The summed E-state index contributed by atoms with van der Waals surface area (Å²) in [6.45, 7) is 1.10. The fourth-order valence-corrected chi connectivity index (χ4v) is 4.06.